The van der Waals surface area contributed by atoms with Gasteiger partial charge < -0.3 is 10.8 Å². The van der Waals surface area contributed by atoms with Crippen molar-refractivity contribution in [3.63, 3.8) is 0 Å². The summed E-state index contributed by atoms with van der Waals surface area (Å²) in [4.78, 5) is 0. The molecule has 0 spiro atoms. The molecule has 0 aliphatic rings. The molecule has 0 bridgehead atoms. The summed E-state index contributed by atoms with van der Waals surface area (Å²) in [6, 6.07) is 5.59. The molecule has 0 fully saturated rings. The van der Waals surface area contributed by atoms with Gasteiger partial charge in [0.05, 0.1) is 10.0 Å². The molecule has 0 aromatic heterocycles. The quantitative estimate of drug-likeness (QED) is 0.754. The number of rotatable bonds is 7. The molecule has 100 valence electrons. The van der Waals surface area contributed by atoms with Crippen molar-refractivity contribution in [2.45, 2.75) is 24.7 Å². The van der Waals surface area contributed by atoms with E-state index in [0.29, 0.717) is 23.0 Å². The van der Waals surface area contributed by atoms with Gasteiger partial charge in [0.25, 0.3) is 0 Å². The largest absolute Gasteiger partial charge is 0.396 e. The first kappa shape index (κ1) is 15.5. The second-order valence-corrected chi connectivity index (χ2v) is 5.25. The van der Waals surface area contributed by atoms with Crippen LogP contribution < -0.4 is 5.73 Å². The van der Waals surface area contributed by atoms with E-state index in [4.69, 9.17) is 34.0 Å². The molecule has 0 aliphatic heterocycles. The molecule has 0 saturated carbocycles. The minimum absolute atomic E-state index is 0.153. The molecule has 0 heterocycles. The van der Waals surface area contributed by atoms with Gasteiger partial charge in [0.1, 0.15) is 0 Å². The van der Waals surface area contributed by atoms with E-state index in [1.807, 2.05) is 18.2 Å². The van der Waals surface area contributed by atoms with Crippen LogP contribution >= 0.6 is 23.2 Å². The molecular weight excluding hydrogens is 269 g/mol. The Morgan fingerprint density at radius 2 is 2.06 bits per heavy atom. The van der Waals surface area contributed by atoms with Crippen LogP contribution in [0.4, 0.5) is 0 Å². The van der Waals surface area contributed by atoms with Crippen LogP contribution in [0.5, 0.6) is 0 Å². The maximum atomic E-state index is 9.03. The van der Waals surface area contributed by atoms with Crippen LogP contribution in [-0.4, -0.2) is 18.3 Å². The van der Waals surface area contributed by atoms with Gasteiger partial charge in [-0.25, -0.2) is 0 Å². The molecule has 0 saturated heterocycles. The highest BCUT2D eigenvalue weighted by Gasteiger charge is 2.29. The number of nitrogens with two attached hydrogens (primary N) is 1. The standard InChI is InChI=1S/C14H19Cl2NO/c1-2-6-14(10-17,7-3-8-18)11-4-5-12(15)13(16)9-11/h2,4-5,9,18H,1,3,6-8,10,17H2. The Hall–Kier alpha value is -0.540. The highest BCUT2D eigenvalue weighted by molar-refractivity contribution is 6.42. The molecule has 1 unspecified atom stereocenters. The number of allylic oxidation sites excluding steroid dienone is 1. The van der Waals surface area contributed by atoms with Gasteiger partial charge in [-0.15, -0.1) is 6.58 Å². The zero-order valence-electron chi connectivity index (χ0n) is 10.3. The fourth-order valence-corrected chi connectivity index (χ4v) is 2.49. The molecule has 1 rings (SSSR count). The predicted molar refractivity (Wildman–Crippen MR) is 78.3 cm³/mol. The second-order valence-electron chi connectivity index (χ2n) is 4.43. The van der Waals surface area contributed by atoms with Crippen LogP contribution in [-0.2, 0) is 5.41 Å². The van der Waals surface area contributed by atoms with Crippen molar-refractivity contribution in [1.82, 2.24) is 0 Å². The zero-order valence-corrected chi connectivity index (χ0v) is 11.8. The summed E-state index contributed by atoms with van der Waals surface area (Å²) < 4.78 is 0. The fourth-order valence-electron chi connectivity index (χ4n) is 2.19. The number of aliphatic hydroxyl groups excluding tert-OH is 1. The molecule has 2 nitrogen and oxygen atoms in total. The van der Waals surface area contributed by atoms with Gasteiger partial charge in [-0.1, -0.05) is 35.3 Å². The zero-order chi connectivity index (χ0) is 13.6. The summed E-state index contributed by atoms with van der Waals surface area (Å²) in [5.74, 6) is 0. The average Bonchev–Trinajstić information content (AvgIpc) is 2.38. The lowest BCUT2D eigenvalue weighted by molar-refractivity contribution is 0.261. The summed E-state index contributed by atoms with van der Waals surface area (Å²) in [6.45, 7) is 4.43. The first-order valence-corrected chi connectivity index (χ1v) is 6.72. The Labute approximate surface area is 118 Å². The van der Waals surface area contributed by atoms with Crippen molar-refractivity contribution in [1.29, 1.82) is 0 Å². The molecule has 0 aliphatic carbocycles. The van der Waals surface area contributed by atoms with Crippen LogP contribution in [0.2, 0.25) is 10.0 Å². The SMILES string of the molecule is C=CCC(CN)(CCCO)c1ccc(Cl)c(Cl)c1. The fraction of sp³-hybridized carbons (Fsp3) is 0.429. The monoisotopic (exact) mass is 287 g/mol. The molecule has 4 heteroatoms. The van der Waals surface area contributed by atoms with Crippen molar-refractivity contribution < 1.29 is 5.11 Å². The minimum Gasteiger partial charge on any atom is -0.396 e. The van der Waals surface area contributed by atoms with E-state index in [1.165, 1.54) is 0 Å². The molecule has 18 heavy (non-hydrogen) atoms. The Morgan fingerprint density at radius 1 is 1.33 bits per heavy atom. The summed E-state index contributed by atoms with van der Waals surface area (Å²) in [7, 11) is 0. The molecule has 3 N–H and O–H groups in total. The number of hydrogen-bond acceptors (Lipinski definition) is 2. The van der Waals surface area contributed by atoms with Crippen molar-refractivity contribution in [2.75, 3.05) is 13.2 Å². The van der Waals surface area contributed by atoms with E-state index in [0.717, 1.165) is 18.4 Å². The van der Waals surface area contributed by atoms with Gasteiger partial charge in [0.2, 0.25) is 0 Å². The van der Waals surface area contributed by atoms with E-state index < -0.39 is 0 Å². The first-order chi connectivity index (χ1) is 8.59. The Kier molecular flexibility index (Phi) is 6.16. The average molecular weight is 288 g/mol. The highest BCUT2D eigenvalue weighted by Crippen LogP contribution is 2.35. The summed E-state index contributed by atoms with van der Waals surface area (Å²) >= 11 is 12.0. The molecule has 1 aromatic rings. The van der Waals surface area contributed by atoms with Crippen molar-refractivity contribution in [2.24, 2.45) is 5.73 Å². The third-order valence-electron chi connectivity index (χ3n) is 3.27. The van der Waals surface area contributed by atoms with Gasteiger partial charge in [-0.05, 0) is 37.0 Å². The third-order valence-corrected chi connectivity index (χ3v) is 4.01. The van der Waals surface area contributed by atoms with E-state index in [9.17, 15) is 0 Å². The molecule has 0 radical (unpaired) electrons. The van der Waals surface area contributed by atoms with Gasteiger partial charge in [-0.3, -0.25) is 0 Å². The smallest absolute Gasteiger partial charge is 0.0595 e. The second kappa shape index (κ2) is 7.15. The van der Waals surface area contributed by atoms with E-state index in [1.54, 1.807) is 6.07 Å². The van der Waals surface area contributed by atoms with Crippen LogP contribution in [0.15, 0.2) is 30.9 Å². The van der Waals surface area contributed by atoms with Crippen molar-refractivity contribution >= 4 is 23.2 Å². The lowest BCUT2D eigenvalue weighted by Gasteiger charge is -2.32. The van der Waals surface area contributed by atoms with Gasteiger partial charge in [-0.2, -0.15) is 0 Å². The maximum Gasteiger partial charge on any atom is 0.0595 e. The van der Waals surface area contributed by atoms with Crippen molar-refractivity contribution in [3.05, 3.63) is 46.5 Å². The minimum atomic E-state index is -0.224. The van der Waals surface area contributed by atoms with E-state index >= 15 is 0 Å². The highest BCUT2D eigenvalue weighted by atomic mass is 35.5. The maximum absolute atomic E-state index is 9.03. The number of hydrogen-bond donors (Lipinski definition) is 2. The number of aliphatic hydroxyl groups is 1. The summed E-state index contributed by atoms with van der Waals surface area (Å²) in [5, 5.41) is 10.1. The van der Waals surface area contributed by atoms with E-state index in [2.05, 4.69) is 6.58 Å². The van der Waals surface area contributed by atoms with Gasteiger partial charge >= 0.3 is 0 Å². The Morgan fingerprint density at radius 3 is 2.56 bits per heavy atom. The Bertz CT molecular complexity index is 409. The van der Waals surface area contributed by atoms with E-state index in [-0.39, 0.29) is 12.0 Å². The number of halogens is 2. The van der Waals surface area contributed by atoms with Gasteiger partial charge in [0.15, 0.2) is 0 Å². The molecular formula is C14H19Cl2NO. The summed E-state index contributed by atoms with van der Waals surface area (Å²) in [5.41, 5.74) is 6.77. The van der Waals surface area contributed by atoms with Gasteiger partial charge in [0, 0.05) is 18.6 Å². The first-order valence-electron chi connectivity index (χ1n) is 5.97. The Balaban J connectivity index is 3.13. The summed E-state index contributed by atoms with van der Waals surface area (Å²) in [6.07, 6.45) is 4.10. The topological polar surface area (TPSA) is 46.2 Å². The molecule has 0 amide bonds. The molecule has 1 atom stereocenters. The number of benzene rings is 1. The normalized spacial score (nSPS) is 14.2. The lowest BCUT2D eigenvalue weighted by Crippen LogP contribution is -2.35. The van der Waals surface area contributed by atoms with Crippen molar-refractivity contribution in [3.8, 4) is 0 Å². The van der Waals surface area contributed by atoms with Crippen LogP contribution in [0, 0.1) is 0 Å². The predicted octanol–water partition coefficient (Wildman–Crippen LogP) is 3.54. The third kappa shape index (κ3) is 3.48. The van der Waals surface area contributed by atoms with Crippen LogP contribution in [0.25, 0.3) is 0 Å². The van der Waals surface area contributed by atoms with Crippen LogP contribution in [0.3, 0.4) is 0 Å². The molecule has 1 aromatic carbocycles. The van der Waals surface area contributed by atoms with Crippen LogP contribution in [0.1, 0.15) is 24.8 Å². The lowest BCUT2D eigenvalue weighted by atomic mass is 9.74.